The van der Waals surface area contributed by atoms with E-state index in [1.807, 2.05) is 6.92 Å². The first-order chi connectivity index (χ1) is 9.26. The zero-order valence-electron chi connectivity index (χ0n) is 12.4. The Morgan fingerprint density at radius 2 is 2.20 bits per heavy atom. The number of carbonyl (C=O) groups excluding carboxylic acids is 2. The van der Waals surface area contributed by atoms with E-state index < -0.39 is 17.5 Å². The number of nitrogens with one attached hydrogen (secondary N) is 1. The quantitative estimate of drug-likeness (QED) is 0.763. The molecule has 7 heteroatoms. The van der Waals surface area contributed by atoms with Crippen molar-refractivity contribution in [2.45, 2.75) is 45.1 Å². The Balaban J connectivity index is 2.01. The SMILES string of the molecule is CCOC1([C@@H]2CN(C(=O)OC(C)(C)C)CC(=O)N2)CO1. The first kappa shape index (κ1) is 15.1. The van der Waals surface area contributed by atoms with Crippen molar-refractivity contribution in [3.05, 3.63) is 0 Å². The molecule has 114 valence electrons. The van der Waals surface area contributed by atoms with Crippen molar-refractivity contribution in [2.24, 2.45) is 0 Å². The third-order valence-electron chi connectivity index (χ3n) is 3.07. The molecule has 0 aromatic carbocycles. The maximum Gasteiger partial charge on any atom is 0.410 e. The lowest BCUT2D eigenvalue weighted by Gasteiger charge is -2.36. The summed E-state index contributed by atoms with van der Waals surface area (Å²) in [6, 6.07) is -0.365. The first-order valence-electron chi connectivity index (χ1n) is 6.81. The van der Waals surface area contributed by atoms with Crippen LogP contribution in [-0.2, 0) is 19.0 Å². The molecule has 1 N–H and O–H groups in total. The molecule has 2 rings (SSSR count). The number of epoxide rings is 1. The molecule has 2 heterocycles. The molecule has 0 saturated carbocycles. The molecule has 7 nitrogen and oxygen atoms in total. The third kappa shape index (κ3) is 3.40. The van der Waals surface area contributed by atoms with Crippen LogP contribution in [0.4, 0.5) is 4.79 Å². The fraction of sp³-hybridized carbons (Fsp3) is 0.846. The number of rotatable bonds is 3. The molecular weight excluding hydrogens is 264 g/mol. The Labute approximate surface area is 118 Å². The minimum absolute atomic E-state index is 0.00633. The summed E-state index contributed by atoms with van der Waals surface area (Å²) in [6.45, 7) is 8.45. The molecule has 2 fully saturated rings. The topological polar surface area (TPSA) is 80.4 Å². The number of hydrogen-bond acceptors (Lipinski definition) is 5. The predicted molar refractivity (Wildman–Crippen MR) is 70.0 cm³/mol. The van der Waals surface area contributed by atoms with E-state index in [4.69, 9.17) is 14.2 Å². The lowest BCUT2D eigenvalue weighted by Crippen LogP contribution is -2.62. The molecule has 1 unspecified atom stereocenters. The maximum absolute atomic E-state index is 12.1. The fourth-order valence-corrected chi connectivity index (χ4v) is 2.16. The van der Waals surface area contributed by atoms with Crippen molar-refractivity contribution in [3.8, 4) is 0 Å². The van der Waals surface area contributed by atoms with Gasteiger partial charge in [0.25, 0.3) is 0 Å². The van der Waals surface area contributed by atoms with Crippen molar-refractivity contribution in [2.75, 3.05) is 26.3 Å². The van der Waals surface area contributed by atoms with E-state index >= 15 is 0 Å². The highest BCUT2D eigenvalue weighted by molar-refractivity contribution is 5.84. The zero-order valence-corrected chi connectivity index (χ0v) is 12.4. The molecule has 0 aliphatic carbocycles. The molecule has 0 aromatic rings. The van der Waals surface area contributed by atoms with Crippen LogP contribution in [0.15, 0.2) is 0 Å². The van der Waals surface area contributed by atoms with Crippen molar-refractivity contribution in [1.29, 1.82) is 0 Å². The van der Waals surface area contributed by atoms with Gasteiger partial charge in [0, 0.05) is 6.61 Å². The molecule has 0 spiro atoms. The highest BCUT2D eigenvalue weighted by Gasteiger charge is 2.56. The summed E-state index contributed by atoms with van der Waals surface area (Å²) in [6.07, 6.45) is -0.496. The lowest BCUT2D eigenvalue weighted by atomic mass is 10.1. The lowest BCUT2D eigenvalue weighted by molar-refractivity contribution is -0.133. The van der Waals surface area contributed by atoms with Crippen LogP contribution in [0.5, 0.6) is 0 Å². The smallest absolute Gasteiger partial charge is 0.410 e. The highest BCUT2D eigenvalue weighted by atomic mass is 16.8. The fourth-order valence-electron chi connectivity index (χ4n) is 2.16. The van der Waals surface area contributed by atoms with Crippen LogP contribution in [-0.4, -0.2) is 60.6 Å². The van der Waals surface area contributed by atoms with Crippen LogP contribution in [0.25, 0.3) is 0 Å². The van der Waals surface area contributed by atoms with Gasteiger partial charge in [0.2, 0.25) is 11.7 Å². The Bertz CT molecular complexity index is 400. The van der Waals surface area contributed by atoms with Gasteiger partial charge in [0.05, 0.1) is 6.54 Å². The average Bonchev–Trinajstić information content (AvgIpc) is 3.07. The van der Waals surface area contributed by atoms with Crippen LogP contribution >= 0.6 is 0 Å². The van der Waals surface area contributed by atoms with Gasteiger partial charge in [-0.1, -0.05) is 0 Å². The zero-order chi connectivity index (χ0) is 15.0. The first-order valence-corrected chi connectivity index (χ1v) is 6.81. The number of nitrogens with zero attached hydrogens (tertiary/aromatic N) is 1. The van der Waals surface area contributed by atoms with Crippen molar-refractivity contribution in [1.82, 2.24) is 10.2 Å². The Kier molecular flexibility index (Phi) is 3.93. The van der Waals surface area contributed by atoms with E-state index in [0.29, 0.717) is 19.8 Å². The largest absolute Gasteiger partial charge is 0.444 e. The van der Waals surface area contributed by atoms with Gasteiger partial charge in [-0.3, -0.25) is 9.69 Å². The molecule has 0 radical (unpaired) electrons. The summed E-state index contributed by atoms with van der Waals surface area (Å²) in [5.74, 6) is -1.02. The van der Waals surface area contributed by atoms with Gasteiger partial charge in [-0.05, 0) is 27.7 Å². The highest BCUT2D eigenvalue weighted by Crippen LogP contribution is 2.34. The van der Waals surface area contributed by atoms with E-state index in [9.17, 15) is 9.59 Å². The normalized spacial score (nSPS) is 29.9. The molecule has 0 bridgehead atoms. The minimum atomic E-state index is -0.787. The second-order valence-corrected chi connectivity index (χ2v) is 6.01. The minimum Gasteiger partial charge on any atom is -0.444 e. The summed E-state index contributed by atoms with van der Waals surface area (Å²) in [5, 5.41) is 2.81. The molecule has 20 heavy (non-hydrogen) atoms. The number of amides is 2. The van der Waals surface area contributed by atoms with Crippen molar-refractivity contribution < 1.29 is 23.8 Å². The van der Waals surface area contributed by atoms with Gasteiger partial charge in [-0.15, -0.1) is 0 Å². The van der Waals surface area contributed by atoms with Gasteiger partial charge in [0.15, 0.2) is 0 Å². The van der Waals surface area contributed by atoms with E-state index in [0.717, 1.165) is 0 Å². The van der Waals surface area contributed by atoms with Crippen LogP contribution in [0, 0.1) is 0 Å². The maximum atomic E-state index is 12.1. The second-order valence-electron chi connectivity index (χ2n) is 6.01. The Morgan fingerprint density at radius 3 is 2.70 bits per heavy atom. The molecular formula is C13H22N2O5. The molecule has 2 aliphatic heterocycles. The molecule has 2 atom stereocenters. The van der Waals surface area contributed by atoms with E-state index in [1.54, 1.807) is 20.8 Å². The summed E-state index contributed by atoms with van der Waals surface area (Å²) in [7, 11) is 0. The molecule has 2 saturated heterocycles. The summed E-state index contributed by atoms with van der Waals surface area (Å²) in [5.41, 5.74) is -0.589. The van der Waals surface area contributed by atoms with Gasteiger partial charge in [-0.25, -0.2) is 4.79 Å². The van der Waals surface area contributed by atoms with Gasteiger partial charge < -0.3 is 19.5 Å². The van der Waals surface area contributed by atoms with E-state index in [2.05, 4.69) is 5.32 Å². The number of hydrogen-bond donors (Lipinski definition) is 1. The Morgan fingerprint density at radius 1 is 1.55 bits per heavy atom. The molecule has 2 aliphatic rings. The average molecular weight is 286 g/mol. The number of carbonyl (C=O) groups is 2. The number of piperazine rings is 1. The Hall–Kier alpha value is -1.34. The van der Waals surface area contributed by atoms with Crippen LogP contribution in [0.3, 0.4) is 0 Å². The standard InChI is InChI=1S/C13H22N2O5/c1-5-18-13(8-19-13)9-6-15(7-10(16)14-9)11(17)20-12(2,3)4/h9H,5-8H2,1-4H3,(H,14,16)/t9-,13?/m0/s1. The summed E-state index contributed by atoms with van der Waals surface area (Å²) in [4.78, 5) is 25.2. The van der Waals surface area contributed by atoms with Gasteiger partial charge in [0.1, 0.15) is 24.8 Å². The molecule has 2 amide bonds. The summed E-state index contributed by atoms with van der Waals surface area (Å²) >= 11 is 0. The van der Waals surface area contributed by atoms with Crippen LogP contribution in [0.2, 0.25) is 0 Å². The van der Waals surface area contributed by atoms with Crippen LogP contribution < -0.4 is 5.32 Å². The van der Waals surface area contributed by atoms with Gasteiger partial charge in [-0.2, -0.15) is 0 Å². The van der Waals surface area contributed by atoms with Crippen molar-refractivity contribution in [3.63, 3.8) is 0 Å². The van der Waals surface area contributed by atoms with Crippen LogP contribution in [0.1, 0.15) is 27.7 Å². The predicted octanol–water partition coefficient (Wildman–Crippen LogP) is 0.485. The monoisotopic (exact) mass is 286 g/mol. The van der Waals surface area contributed by atoms with Gasteiger partial charge >= 0.3 is 6.09 Å². The van der Waals surface area contributed by atoms with E-state index in [-0.39, 0.29) is 18.5 Å². The second kappa shape index (κ2) is 5.21. The molecule has 0 aromatic heterocycles. The summed E-state index contributed by atoms with van der Waals surface area (Å²) < 4.78 is 16.2. The van der Waals surface area contributed by atoms with E-state index in [1.165, 1.54) is 4.90 Å². The third-order valence-corrected chi connectivity index (χ3v) is 3.07. The van der Waals surface area contributed by atoms with Crippen molar-refractivity contribution >= 4 is 12.0 Å². The number of ether oxygens (including phenoxy) is 3.